The van der Waals surface area contributed by atoms with Crippen molar-refractivity contribution in [2.75, 3.05) is 6.54 Å². The lowest BCUT2D eigenvalue weighted by molar-refractivity contribution is -0.136. The average molecular weight is 455 g/mol. The number of benzene rings is 1. The van der Waals surface area contributed by atoms with Crippen molar-refractivity contribution in [2.45, 2.75) is 17.8 Å². The molecule has 2 aromatic heterocycles. The van der Waals surface area contributed by atoms with Gasteiger partial charge in [0, 0.05) is 35.0 Å². The van der Waals surface area contributed by atoms with E-state index >= 15 is 0 Å². The predicted molar refractivity (Wildman–Crippen MR) is 108 cm³/mol. The Morgan fingerprint density at radius 2 is 2.17 bits per heavy atom. The molecule has 1 unspecified atom stereocenters. The molecular weight excluding hydrogens is 441 g/mol. The van der Waals surface area contributed by atoms with Crippen molar-refractivity contribution in [1.29, 1.82) is 0 Å². The molecule has 3 heterocycles. The van der Waals surface area contributed by atoms with Gasteiger partial charge in [0.2, 0.25) is 0 Å². The molecule has 0 saturated carbocycles. The number of hydrogen-bond acceptors (Lipinski definition) is 5. The number of aromatic hydroxyl groups is 1. The van der Waals surface area contributed by atoms with E-state index in [1.54, 1.807) is 0 Å². The third kappa shape index (κ3) is 4.10. The van der Waals surface area contributed by atoms with Gasteiger partial charge in [-0.3, -0.25) is 9.89 Å². The minimum Gasteiger partial charge on any atom is -0.507 e. The number of thioether (sulfide) groups is 1. The van der Waals surface area contributed by atoms with Crippen LogP contribution in [0.5, 0.6) is 5.75 Å². The molecule has 1 amide bonds. The molecule has 4 rings (SSSR count). The highest BCUT2D eigenvalue weighted by atomic mass is 35.5. The fraction of sp³-hybridized carbons (Fsp3) is 0.211. The summed E-state index contributed by atoms with van der Waals surface area (Å²) < 4.78 is 41.8. The van der Waals surface area contributed by atoms with Gasteiger partial charge in [-0.05, 0) is 24.6 Å². The number of carbonyl (C=O) groups excluding carboxylic acids is 1. The average Bonchev–Trinajstić information content (AvgIpc) is 3.36. The second-order valence-electron chi connectivity index (χ2n) is 6.60. The van der Waals surface area contributed by atoms with Crippen LogP contribution in [0.2, 0.25) is 0 Å². The summed E-state index contributed by atoms with van der Waals surface area (Å²) in [6.45, 7) is 0.265. The van der Waals surface area contributed by atoms with E-state index in [4.69, 9.17) is 11.6 Å². The maximum absolute atomic E-state index is 13.7. The van der Waals surface area contributed by atoms with Crippen molar-refractivity contribution >= 4 is 40.2 Å². The van der Waals surface area contributed by atoms with Gasteiger partial charge in [0.25, 0.3) is 5.91 Å². The molecule has 1 atom stereocenters. The number of H-pyrrole nitrogens is 1. The number of nitrogens with zero attached hydrogens (tertiary/aromatic N) is 2. The SMILES string of the molecule is O=C(NCC1CC=C(Cl)S1)c1cc(O)c2cc(-c3cc[nH]n3)cc(C(F)(F)F)c2n1. The summed E-state index contributed by atoms with van der Waals surface area (Å²) >= 11 is 7.29. The molecule has 0 fully saturated rings. The lowest BCUT2D eigenvalue weighted by Gasteiger charge is -2.14. The molecule has 3 N–H and O–H groups in total. The number of fused-ring (bicyclic) bond motifs is 1. The van der Waals surface area contributed by atoms with Gasteiger partial charge in [-0.1, -0.05) is 17.7 Å². The van der Waals surface area contributed by atoms with Gasteiger partial charge in [-0.25, -0.2) is 4.98 Å². The van der Waals surface area contributed by atoms with Gasteiger partial charge in [0.15, 0.2) is 0 Å². The highest BCUT2D eigenvalue weighted by Crippen LogP contribution is 2.40. The second-order valence-corrected chi connectivity index (χ2v) is 8.57. The number of nitrogens with one attached hydrogen (secondary N) is 2. The Hall–Kier alpha value is -2.72. The molecular formula is C19H14ClF3N4O2S. The largest absolute Gasteiger partial charge is 0.507 e. The van der Waals surface area contributed by atoms with Crippen LogP contribution in [0.1, 0.15) is 22.5 Å². The summed E-state index contributed by atoms with van der Waals surface area (Å²) in [5, 5.41) is 19.3. The number of hydrogen-bond donors (Lipinski definition) is 3. The van der Waals surface area contributed by atoms with E-state index < -0.39 is 28.9 Å². The fourth-order valence-corrected chi connectivity index (χ4v) is 4.45. The molecule has 3 aromatic rings. The van der Waals surface area contributed by atoms with Gasteiger partial charge in [-0.15, -0.1) is 11.8 Å². The summed E-state index contributed by atoms with van der Waals surface area (Å²) in [4.78, 5) is 16.4. The smallest absolute Gasteiger partial charge is 0.418 e. The molecule has 156 valence electrons. The van der Waals surface area contributed by atoms with E-state index in [0.717, 1.165) is 12.1 Å². The van der Waals surface area contributed by atoms with Gasteiger partial charge in [0.1, 0.15) is 11.4 Å². The van der Waals surface area contributed by atoms with Gasteiger partial charge < -0.3 is 10.4 Å². The third-order valence-corrected chi connectivity index (χ3v) is 6.04. The summed E-state index contributed by atoms with van der Waals surface area (Å²) in [5.41, 5.74) is -1.43. The first kappa shape index (κ1) is 20.5. The van der Waals surface area contributed by atoms with Gasteiger partial charge in [-0.2, -0.15) is 18.3 Å². The molecule has 11 heteroatoms. The Morgan fingerprint density at radius 3 is 2.80 bits per heavy atom. The van der Waals surface area contributed by atoms with E-state index in [-0.39, 0.29) is 34.1 Å². The first-order chi connectivity index (χ1) is 14.2. The fourth-order valence-electron chi connectivity index (χ4n) is 3.11. The highest BCUT2D eigenvalue weighted by Gasteiger charge is 2.35. The van der Waals surface area contributed by atoms with Crippen molar-refractivity contribution in [2.24, 2.45) is 0 Å². The minimum absolute atomic E-state index is 0.0395. The summed E-state index contributed by atoms with van der Waals surface area (Å²) in [6.07, 6.45) is -0.768. The van der Waals surface area contributed by atoms with Crippen LogP contribution < -0.4 is 5.32 Å². The molecule has 0 radical (unpaired) electrons. The second kappa shape index (κ2) is 7.84. The summed E-state index contributed by atoms with van der Waals surface area (Å²) in [5.74, 6) is -1.16. The standard InChI is InChI=1S/C19H14ClF3N4O2S/c20-16-2-1-10(30-16)8-24-18(29)14-7-15(28)11-5-9(13-3-4-25-27-13)6-12(17(11)26-14)19(21,22)23/h2-7,10H,1,8H2,(H,24,29)(H,25,27)(H,26,28). The maximum atomic E-state index is 13.7. The van der Waals surface area contributed by atoms with Crippen LogP contribution in [-0.4, -0.2) is 38.0 Å². The quantitative estimate of drug-likeness (QED) is 0.533. The minimum atomic E-state index is -4.75. The molecule has 1 aromatic carbocycles. The number of aromatic amines is 1. The first-order valence-electron chi connectivity index (χ1n) is 8.78. The van der Waals surface area contributed by atoms with E-state index in [9.17, 15) is 23.1 Å². The zero-order valence-corrected chi connectivity index (χ0v) is 16.7. The Bertz CT molecular complexity index is 1150. The number of pyridine rings is 1. The normalized spacial score (nSPS) is 16.7. The Labute approximate surface area is 177 Å². The summed E-state index contributed by atoms with van der Waals surface area (Å²) in [7, 11) is 0. The molecule has 0 aliphatic carbocycles. The van der Waals surface area contributed by atoms with E-state index in [1.165, 1.54) is 30.1 Å². The van der Waals surface area contributed by atoms with Gasteiger partial charge in [0.05, 0.1) is 21.1 Å². The van der Waals surface area contributed by atoms with Crippen LogP contribution in [-0.2, 0) is 6.18 Å². The van der Waals surface area contributed by atoms with Crippen molar-refractivity contribution in [3.63, 3.8) is 0 Å². The van der Waals surface area contributed by atoms with Crippen LogP contribution in [0, 0.1) is 0 Å². The number of aromatic nitrogens is 3. The topological polar surface area (TPSA) is 90.9 Å². The lowest BCUT2D eigenvalue weighted by Crippen LogP contribution is -2.30. The molecule has 1 aliphatic rings. The van der Waals surface area contributed by atoms with Crippen molar-refractivity contribution < 1.29 is 23.1 Å². The van der Waals surface area contributed by atoms with Crippen molar-refractivity contribution in [3.05, 3.63) is 52.2 Å². The van der Waals surface area contributed by atoms with E-state index in [2.05, 4.69) is 20.5 Å². The number of allylic oxidation sites excluding steroid dienone is 1. The van der Waals surface area contributed by atoms with Crippen LogP contribution in [0.3, 0.4) is 0 Å². The Morgan fingerprint density at radius 1 is 1.37 bits per heavy atom. The Kier molecular flexibility index (Phi) is 5.37. The number of alkyl halides is 3. The zero-order valence-electron chi connectivity index (χ0n) is 15.1. The van der Waals surface area contributed by atoms with Gasteiger partial charge >= 0.3 is 6.18 Å². The number of amides is 1. The molecule has 6 nitrogen and oxygen atoms in total. The summed E-state index contributed by atoms with van der Waals surface area (Å²) in [6, 6.07) is 4.82. The monoisotopic (exact) mass is 454 g/mol. The molecule has 30 heavy (non-hydrogen) atoms. The van der Waals surface area contributed by atoms with E-state index in [1.807, 2.05) is 6.08 Å². The molecule has 0 spiro atoms. The Balaban J connectivity index is 1.71. The molecule has 1 aliphatic heterocycles. The van der Waals surface area contributed by atoms with Crippen LogP contribution in [0.25, 0.3) is 22.2 Å². The van der Waals surface area contributed by atoms with Crippen LogP contribution in [0.15, 0.2) is 40.9 Å². The van der Waals surface area contributed by atoms with Crippen molar-refractivity contribution in [3.8, 4) is 17.0 Å². The molecule has 0 saturated heterocycles. The number of carbonyl (C=O) groups is 1. The lowest BCUT2D eigenvalue weighted by atomic mass is 10.0. The van der Waals surface area contributed by atoms with Crippen LogP contribution in [0.4, 0.5) is 13.2 Å². The zero-order chi connectivity index (χ0) is 21.5. The first-order valence-corrected chi connectivity index (χ1v) is 10.0. The maximum Gasteiger partial charge on any atom is 0.418 e. The number of halogens is 4. The highest BCUT2D eigenvalue weighted by molar-refractivity contribution is 8.05. The molecule has 0 bridgehead atoms. The van der Waals surface area contributed by atoms with E-state index in [0.29, 0.717) is 10.8 Å². The predicted octanol–water partition coefficient (Wildman–Crippen LogP) is 4.66. The third-order valence-electron chi connectivity index (χ3n) is 4.54. The van der Waals surface area contributed by atoms with Crippen molar-refractivity contribution in [1.82, 2.24) is 20.5 Å². The van der Waals surface area contributed by atoms with Crippen LogP contribution >= 0.6 is 23.4 Å². The number of rotatable bonds is 4.